The zero-order chi connectivity index (χ0) is 13.9. The molecule has 0 bridgehead atoms. The molecule has 18 heavy (non-hydrogen) atoms. The van der Waals surface area contributed by atoms with Crippen LogP contribution in [-0.4, -0.2) is 43.6 Å². The summed E-state index contributed by atoms with van der Waals surface area (Å²) in [4.78, 5) is 11.7. The van der Waals surface area contributed by atoms with Gasteiger partial charge in [-0.1, -0.05) is 6.92 Å². The first-order valence-electron chi connectivity index (χ1n) is 5.23. The van der Waals surface area contributed by atoms with Crippen molar-refractivity contribution in [2.45, 2.75) is 16.7 Å². The van der Waals surface area contributed by atoms with Crippen LogP contribution in [0.2, 0.25) is 0 Å². The number of nitrogens with zero attached hydrogens (tertiary/aromatic N) is 1. The SMILES string of the molecule is CCSc1ccc(S(=O)(=O)N(C)C)cc1C(=O)O. The molecule has 1 N–H and O–H groups in total. The summed E-state index contributed by atoms with van der Waals surface area (Å²) in [5.41, 5.74) is 0.0183. The minimum absolute atomic E-state index is 0.00893. The molecule has 0 spiro atoms. The molecule has 0 amide bonds. The van der Waals surface area contributed by atoms with E-state index in [-0.39, 0.29) is 10.5 Å². The summed E-state index contributed by atoms with van der Waals surface area (Å²) in [6, 6.07) is 4.17. The van der Waals surface area contributed by atoms with E-state index in [9.17, 15) is 13.2 Å². The minimum atomic E-state index is -3.60. The summed E-state index contributed by atoms with van der Waals surface area (Å²) >= 11 is 1.37. The van der Waals surface area contributed by atoms with E-state index in [1.165, 1.54) is 44.1 Å². The quantitative estimate of drug-likeness (QED) is 0.836. The predicted molar refractivity (Wildman–Crippen MR) is 70.7 cm³/mol. The number of rotatable bonds is 5. The molecule has 100 valence electrons. The van der Waals surface area contributed by atoms with Crippen LogP contribution in [0.1, 0.15) is 17.3 Å². The van der Waals surface area contributed by atoms with Gasteiger partial charge in [-0.3, -0.25) is 0 Å². The monoisotopic (exact) mass is 289 g/mol. The Morgan fingerprint density at radius 3 is 2.44 bits per heavy atom. The Balaban J connectivity index is 3.36. The van der Waals surface area contributed by atoms with Crippen LogP contribution in [0, 0.1) is 0 Å². The van der Waals surface area contributed by atoms with Gasteiger partial charge < -0.3 is 5.11 Å². The molecule has 0 saturated heterocycles. The van der Waals surface area contributed by atoms with E-state index in [2.05, 4.69) is 0 Å². The lowest BCUT2D eigenvalue weighted by molar-refractivity contribution is 0.0693. The van der Waals surface area contributed by atoms with Crippen molar-refractivity contribution < 1.29 is 18.3 Å². The maximum atomic E-state index is 11.9. The molecule has 0 aromatic heterocycles. The summed E-state index contributed by atoms with van der Waals surface area (Å²) in [6.07, 6.45) is 0. The normalized spacial score (nSPS) is 11.8. The van der Waals surface area contributed by atoms with Gasteiger partial charge in [0.25, 0.3) is 0 Å². The van der Waals surface area contributed by atoms with Gasteiger partial charge in [0.05, 0.1) is 10.5 Å². The second-order valence-corrected chi connectivity index (χ2v) is 7.14. The van der Waals surface area contributed by atoms with Crippen molar-refractivity contribution in [2.24, 2.45) is 0 Å². The van der Waals surface area contributed by atoms with E-state index < -0.39 is 16.0 Å². The Morgan fingerprint density at radius 2 is 2.00 bits per heavy atom. The average molecular weight is 289 g/mol. The van der Waals surface area contributed by atoms with Crippen LogP contribution >= 0.6 is 11.8 Å². The van der Waals surface area contributed by atoms with Crippen molar-refractivity contribution in [1.82, 2.24) is 4.31 Å². The second-order valence-electron chi connectivity index (χ2n) is 3.68. The molecule has 0 heterocycles. The Morgan fingerprint density at radius 1 is 1.39 bits per heavy atom. The van der Waals surface area contributed by atoms with Gasteiger partial charge in [-0.25, -0.2) is 17.5 Å². The molecule has 0 aliphatic rings. The second kappa shape index (κ2) is 5.73. The van der Waals surface area contributed by atoms with E-state index >= 15 is 0 Å². The Hall–Kier alpha value is -1.05. The van der Waals surface area contributed by atoms with Crippen LogP contribution in [0.3, 0.4) is 0 Å². The van der Waals surface area contributed by atoms with Crippen LogP contribution < -0.4 is 0 Å². The number of benzene rings is 1. The summed E-state index contributed by atoms with van der Waals surface area (Å²) in [7, 11) is -0.789. The molecule has 0 unspecified atom stereocenters. The van der Waals surface area contributed by atoms with Crippen molar-refractivity contribution in [1.29, 1.82) is 0 Å². The van der Waals surface area contributed by atoms with E-state index in [4.69, 9.17) is 5.11 Å². The first-order chi connectivity index (χ1) is 8.30. The first kappa shape index (κ1) is 15.0. The standard InChI is InChI=1S/C11H15NO4S2/c1-4-17-10-6-5-8(7-9(10)11(13)14)18(15,16)12(2)3/h5-7H,4H2,1-3H3,(H,13,14). The summed E-state index contributed by atoms with van der Waals surface area (Å²) in [5.74, 6) is -0.401. The molecule has 1 aromatic rings. The number of hydrogen-bond acceptors (Lipinski definition) is 4. The number of aromatic carboxylic acids is 1. The highest BCUT2D eigenvalue weighted by molar-refractivity contribution is 7.99. The largest absolute Gasteiger partial charge is 0.478 e. The molecule has 0 atom stereocenters. The van der Waals surface area contributed by atoms with Crippen molar-refractivity contribution in [2.75, 3.05) is 19.8 Å². The van der Waals surface area contributed by atoms with Crippen LogP contribution in [0.5, 0.6) is 0 Å². The van der Waals surface area contributed by atoms with Crippen molar-refractivity contribution in [3.05, 3.63) is 23.8 Å². The van der Waals surface area contributed by atoms with Gasteiger partial charge in [0.2, 0.25) is 10.0 Å². The summed E-state index contributed by atoms with van der Waals surface area (Å²) in [5, 5.41) is 9.10. The molecule has 0 fully saturated rings. The maximum Gasteiger partial charge on any atom is 0.336 e. The van der Waals surface area contributed by atoms with Crippen molar-refractivity contribution >= 4 is 27.8 Å². The third-order valence-corrected chi connectivity index (χ3v) is 5.03. The number of carboxylic acids is 1. The highest BCUT2D eigenvalue weighted by Gasteiger charge is 2.20. The first-order valence-corrected chi connectivity index (χ1v) is 7.66. The molecule has 1 rings (SSSR count). The molecule has 0 aliphatic heterocycles. The number of carbonyl (C=O) groups is 1. The lowest BCUT2D eigenvalue weighted by Crippen LogP contribution is -2.22. The Kier molecular flexibility index (Phi) is 4.78. The fourth-order valence-corrected chi connectivity index (χ4v) is 3.03. The highest BCUT2D eigenvalue weighted by Crippen LogP contribution is 2.26. The summed E-state index contributed by atoms with van der Waals surface area (Å²) < 4.78 is 24.9. The predicted octanol–water partition coefficient (Wildman–Crippen LogP) is 1.75. The number of sulfonamides is 1. The van der Waals surface area contributed by atoms with E-state index in [1.807, 2.05) is 6.92 Å². The van der Waals surface area contributed by atoms with E-state index in [0.29, 0.717) is 4.90 Å². The summed E-state index contributed by atoms with van der Waals surface area (Å²) in [6.45, 7) is 1.90. The third-order valence-electron chi connectivity index (χ3n) is 2.26. The molecule has 0 aliphatic carbocycles. The topological polar surface area (TPSA) is 74.7 Å². The fraction of sp³-hybridized carbons (Fsp3) is 0.364. The molecule has 7 heteroatoms. The van der Waals surface area contributed by atoms with Crippen LogP contribution in [0.15, 0.2) is 28.0 Å². The van der Waals surface area contributed by atoms with E-state index in [0.717, 1.165) is 10.1 Å². The van der Waals surface area contributed by atoms with Gasteiger partial charge in [-0.15, -0.1) is 11.8 Å². The average Bonchev–Trinajstić information content (AvgIpc) is 2.29. The van der Waals surface area contributed by atoms with Gasteiger partial charge in [-0.05, 0) is 24.0 Å². The van der Waals surface area contributed by atoms with Gasteiger partial charge >= 0.3 is 5.97 Å². The number of thioether (sulfide) groups is 1. The van der Waals surface area contributed by atoms with Gasteiger partial charge in [0.15, 0.2) is 0 Å². The van der Waals surface area contributed by atoms with E-state index in [1.54, 1.807) is 0 Å². The molecule has 0 saturated carbocycles. The fourth-order valence-electron chi connectivity index (χ4n) is 1.33. The van der Waals surface area contributed by atoms with Crippen molar-refractivity contribution in [3.8, 4) is 0 Å². The smallest absolute Gasteiger partial charge is 0.336 e. The lowest BCUT2D eigenvalue weighted by atomic mass is 10.2. The minimum Gasteiger partial charge on any atom is -0.478 e. The van der Waals surface area contributed by atoms with Crippen molar-refractivity contribution in [3.63, 3.8) is 0 Å². The lowest BCUT2D eigenvalue weighted by Gasteiger charge is -2.13. The number of carboxylic acid groups (broad SMARTS) is 1. The van der Waals surface area contributed by atoms with Crippen LogP contribution in [0.25, 0.3) is 0 Å². The van der Waals surface area contributed by atoms with Gasteiger partial charge in [0, 0.05) is 19.0 Å². The molecule has 5 nitrogen and oxygen atoms in total. The maximum absolute atomic E-state index is 11.9. The third kappa shape index (κ3) is 3.04. The number of hydrogen-bond donors (Lipinski definition) is 1. The van der Waals surface area contributed by atoms with Crippen LogP contribution in [0.4, 0.5) is 0 Å². The molecule has 0 radical (unpaired) electrons. The Bertz CT molecular complexity index is 552. The molecule has 1 aromatic carbocycles. The zero-order valence-electron chi connectivity index (χ0n) is 10.4. The van der Waals surface area contributed by atoms with Gasteiger partial charge in [0.1, 0.15) is 0 Å². The highest BCUT2D eigenvalue weighted by atomic mass is 32.2. The Labute approximate surface area is 111 Å². The molecular formula is C11H15NO4S2. The van der Waals surface area contributed by atoms with Crippen LogP contribution in [-0.2, 0) is 10.0 Å². The molecular weight excluding hydrogens is 274 g/mol. The zero-order valence-corrected chi connectivity index (χ0v) is 12.0. The van der Waals surface area contributed by atoms with Gasteiger partial charge in [-0.2, -0.15) is 0 Å².